The molecular formula is C32H28F2NNaO3S. The molecule has 40 heavy (non-hydrogen) atoms. The Morgan fingerprint density at radius 2 is 1.77 bits per heavy atom. The first kappa shape index (κ1) is 30.4. The average molecular weight is 568 g/mol. The van der Waals surface area contributed by atoms with Crippen LogP contribution in [-0.4, -0.2) is 21.8 Å². The van der Waals surface area contributed by atoms with Crippen molar-refractivity contribution in [3.05, 3.63) is 95.2 Å². The van der Waals surface area contributed by atoms with Gasteiger partial charge in [-0.05, 0) is 91.3 Å². The molecule has 0 radical (unpaired) electrons. The smallest absolute Gasteiger partial charge is 0.550 e. The van der Waals surface area contributed by atoms with Crippen molar-refractivity contribution in [1.29, 1.82) is 0 Å². The Labute approximate surface area is 258 Å². The number of carbonyl (C=O) groups excluding carboxylic acids is 1. The van der Waals surface area contributed by atoms with Crippen molar-refractivity contribution in [2.75, 3.05) is 5.75 Å². The number of thioether (sulfide) groups is 1. The number of carbonyl (C=O) groups is 1. The molecule has 0 saturated heterocycles. The van der Waals surface area contributed by atoms with E-state index < -0.39 is 29.1 Å². The molecule has 8 heteroatoms. The number of pyridine rings is 1. The third kappa shape index (κ3) is 7.20. The van der Waals surface area contributed by atoms with E-state index in [0.717, 1.165) is 52.1 Å². The molecule has 0 amide bonds. The number of carboxylic acid groups (broad SMARTS) is 1. The topological polar surface area (TPSA) is 73.2 Å². The summed E-state index contributed by atoms with van der Waals surface area (Å²) in [5.74, 6) is -2.71. The fourth-order valence-corrected chi connectivity index (χ4v) is 6.01. The summed E-state index contributed by atoms with van der Waals surface area (Å²) >= 11 is 1.45. The second kappa shape index (κ2) is 12.5. The van der Waals surface area contributed by atoms with Crippen molar-refractivity contribution >= 4 is 40.8 Å². The van der Waals surface area contributed by atoms with Gasteiger partial charge in [-0.1, -0.05) is 36.4 Å². The largest absolute Gasteiger partial charge is 1.00 e. The Hall–Kier alpha value is -2.55. The number of hydrogen-bond acceptors (Lipinski definition) is 5. The predicted molar refractivity (Wildman–Crippen MR) is 150 cm³/mol. The number of nitrogens with zero attached hydrogens (tertiary/aromatic N) is 1. The number of carboxylic acids is 1. The molecule has 4 aromatic rings. The van der Waals surface area contributed by atoms with Crippen LogP contribution in [0, 0.1) is 23.5 Å². The number of aliphatic hydroxyl groups is 1. The number of halogens is 2. The SMILES string of the molecule is CC(C)(O)c1cc(-c2cccc(C=Cc3ccc4cc(F)c(F)cc4n3)c2)ccc1SCC(C(=O)[O-])C1CC1.[Na+]. The Kier molecular flexibility index (Phi) is 9.53. The zero-order chi connectivity index (χ0) is 27.7. The van der Waals surface area contributed by atoms with E-state index in [1.807, 2.05) is 54.6 Å². The maximum atomic E-state index is 13.6. The molecule has 1 N–H and O–H groups in total. The Bertz CT molecular complexity index is 1580. The zero-order valence-electron chi connectivity index (χ0n) is 22.7. The zero-order valence-corrected chi connectivity index (χ0v) is 25.5. The van der Waals surface area contributed by atoms with Gasteiger partial charge in [0.1, 0.15) is 0 Å². The maximum absolute atomic E-state index is 13.6. The fourth-order valence-electron chi connectivity index (χ4n) is 4.62. The van der Waals surface area contributed by atoms with Crippen LogP contribution in [0.15, 0.2) is 71.6 Å². The van der Waals surface area contributed by atoms with Crippen LogP contribution in [-0.2, 0) is 10.4 Å². The van der Waals surface area contributed by atoms with Crippen molar-refractivity contribution in [3.8, 4) is 11.1 Å². The molecular weight excluding hydrogens is 539 g/mol. The number of aliphatic carboxylic acids is 1. The first-order valence-electron chi connectivity index (χ1n) is 12.8. The molecule has 0 bridgehead atoms. The van der Waals surface area contributed by atoms with Crippen molar-refractivity contribution in [3.63, 3.8) is 0 Å². The molecule has 1 aliphatic rings. The van der Waals surface area contributed by atoms with Gasteiger partial charge in [0.25, 0.3) is 0 Å². The van der Waals surface area contributed by atoms with Crippen LogP contribution in [0.4, 0.5) is 8.78 Å². The minimum absolute atomic E-state index is 0. The van der Waals surface area contributed by atoms with E-state index in [9.17, 15) is 23.8 Å². The molecule has 1 saturated carbocycles. The molecule has 1 heterocycles. The van der Waals surface area contributed by atoms with E-state index in [0.29, 0.717) is 22.3 Å². The number of aromatic nitrogens is 1. The Balaban J connectivity index is 0.00000370. The van der Waals surface area contributed by atoms with Gasteiger partial charge in [0.2, 0.25) is 0 Å². The summed E-state index contributed by atoms with van der Waals surface area (Å²) < 4.78 is 27.1. The molecule has 1 aromatic heterocycles. The summed E-state index contributed by atoms with van der Waals surface area (Å²) in [6.45, 7) is 3.45. The van der Waals surface area contributed by atoms with E-state index in [1.54, 1.807) is 26.0 Å². The van der Waals surface area contributed by atoms with Gasteiger partial charge in [0, 0.05) is 34.0 Å². The van der Waals surface area contributed by atoms with E-state index in [4.69, 9.17) is 0 Å². The number of fused-ring (bicyclic) bond motifs is 1. The molecule has 1 unspecified atom stereocenters. The summed E-state index contributed by atoms with van der Waals surface area (Å²) in [6.07, 6.45) is 5.57. The van der Waals surface area contributed by atoms with Gasteiger partial charge in [-0.3, -0.25) is 0 Å². The normalized spacial score (nSPS) is 14.3. The second-order valence-corrected chi connectivity index (χ2v) is 11.6. The van der Waals surface area contributed by atoms with Crippen LogP contribution < -0.4 is 34.7 Å². The summed E-state index contributed by atoms with van der Waals surface area (Å²) in [4.78, 5) is 16.8. The van der Waals surface area contributed by atoms with Crippen molar-refractivity contribution in [2.24, 2.45) is 11.8 Å². The molecule has 3 aromatic carbocycles. The Morgan fingerprint density at radius 3 is 2.48 bits per heavy atom. The summed E-state index contributed by atoms with van der Waals surface area (Å²) in [6, 6.07) is 19.4. The van der Waals surface area contributed by atoms with Crippen LogP contribution in [0.2, 0.25) is 0 Å². The van der Waals surface area contributed by atoms with Crippen LogP contribution >= 0.6 is 11.8 Å². The minimum atomic E-state index is -1.11. The standard InChI is InChI=1S/C32H29F2NO3S.Na/c1-32(2,38)26-15-22(10-13-30(26)39-18-25(31(36)37)20-7-8-20)21-5-3-4-19(14-21)6-11-24-12-9-23-16-27(33)28(34)17-29(23)35-24;/h3-6,9-17,20,25,38H,7-8,18H2,1-2H3,(H,36,37);/q;+1/p-1. The van der Waals surface area contributed by atoms with E-state index in [1.165, 1.54) is 11.8 Å². The quantitative estimate of drug-likeness (QED) is 0.248. The molecule has 1 atom stereocenters. The number of hydrogen-bond donors (Lipinski definition) is 1. The van der Waals surface area contributed by atoms with Gasteiger partial charge in [0.15, 0.2) is 11.6 Å². The number of rotatable bonds is 9. The summed E-state index contributed by atoms with van der Waals surface area (Å²) in [7, 11) is 0. The number of benzene rings is 3. The molecule has 5 rings (SSSR count). The molecule has 200 valence electrons. The van der Waals surface area contributed by atoms with Crippen LogP contribution in [0.3, 0.4) is 0 Å². The monoisotopic (exact) mass is 567 g/mol. The predicted octanol–water partition coefficient (Wildman–Crippen LogP) is 3.45. The van der Waals surface area contributed by atoms with E-state index in [-0.39, 0.29) is 35.5 Å². The van der Waals surface area contributed by atoms with Gasteiger partial charge < -0.3 is 15.0 Å². The van der Waals surface area contributed by atoms with Crippen molar-refractivity contribution < 1.29 is 53.3 Å². The first-order chi connectivity index (χ1) is 18.6. The Morgan fingerprint density at radius 1 is 1.05 bits per heavy atom. The summed E-state index contributed by atoms with van der Waals surface area (Å²) in [5.41, 5.74) is 3.42. The maximum Gasteiger partial charge on any atom is 1.00 e. The van der Waals surface area contributed by atoms with Gasteiger partial charge in [-0.15, -0.1) is 11.8 Å². The average Bonchev–Trinajstić information content (AvgIpc) is 3.73. The molecule has 0 spiro atoms. The van der Waals surface area contributed by atoms with E-state index >= 15 is 0 Å². The second-order valence-electron chi connectivity index (χ2n) is 10.5. The van der Waals surface area contributed by atoms with Crippen molar-refractivity contribution in [1.82, 2.24) is 4.98 Å². The van der Waals surface area contributed by atoms with Gasteiger partial charge >= 0.3 is 29.6 Å². The fraction of sp³-hybridized carbons (Fsp3) is 0.250. The van der Waals surface area contributed by atoms with Crippen LogP contribution in [0.25, 0.3) is 34.2 Å². The minimum Gasteiger partial charge on any atom is -0.550 e. The molecule has 0 aliphatic heterocycles. The van der Waals surface area contributed by atoms with Gasteiger partial charge in [-0.2, -0.15) is 0 Å². The molecule has 4 nitrogen and oxygen atoms in total. The summed E-state index contributed by atoms with van der Waals surface area (Å²) in [5, 5.41) is 23.0. The van der Waals surface area contributed by atoms with Gasteiger partial charge in [0.05, 0.1) is 16.8 Å². The first-order valence-corrected chi connectivity index (χ1v) is 13.8. The van der Waals surface area contributed by atoms with Crippen LogP contribution in [0.1, 0.15) is 43.5 Å². The molecule has 1 fully saturated rings. The third-order valence-electron chi connectivity index (χ3n) is 6.97. The van der Waals surface area contributed by atoms with Crippen LogP contribution in [0.5, 0.6) is 0 Å². The molecule has 1 aliphatic carbocycles. The van der Waals surface area contributed by atoms with Gasteiger partial charge in [-0.25, -0.2) is 13.8 Å². The van der Waals surface area contributed by atoms with E-state index in [2.05, 4.69) is 4.98 Å². The third-order valence-corrected chi connectivity index (χ3v) is 8.16. The van der Waals surface area contributed by atoms with Crippen molar-refractivity contribution in [2.45, 2.75) is 37.2 Å².